The van der Waals surface area contributed by atoms with E-state index in [-0.39, 0.29) is 5.92 Å². The van der Waals surface area contributed by atoms with Crippen molar-refractivity contribution in [2.45, 2.75) is 26.7 Å². The fourth-order valence-electron chi connectivity index (χ4n) is 2.23. The van der Waals surface area contributed by atoms with Crippen LogP contribution in [0.1, 0.15) is 35.1 Å². The second kappa shape index (κ2) is 4.73. The Morgan fingerprint density at radius 2 is 1.17 bits per heavy atom. The Labute approximate surface area is 108 Å². The third kappa shape index (κ3) is 2.06. The van der Waals surface area contributed by atoms with Crippen LogP contribution in [0, 0.1) is 13.8 Å². The van der Waals surface area contributed by atoms with E-state index in [1.165, 1.54) is 0 Å². The molecule has 0 saturated carbocycles. The summed E-state index contributed by atoms with van der Waals surface area (Å²) in [5.41, 5.74) is 3.39. The third-order valence-electron chi connectivity index (χ3n) is 3.47. The molecule has 0 heterocycles. The van der Waals surface area contributed by atoms with Gasteiger partial charge in [-0.3, -0.25) is 0 Å². The van der Waals surface area contributed by atoms with Crippen LogP contribution >= 0.6 is 0 Å². The Morgan fingerprint density at radius 3 is 1.56 bits per heavy atom. The van der Waals surface area contributed by atoms with E-state index in [0.29, 0.717) is 11.5 Å². The number of aromatic hydroxyl groups is 2. The molecule has 0 spiro atoms. The van der Waals surface area contributed by atoms with Crippen LogP contribution in [0.3, 0.4) is 0 Å². The lowest BCUT2D eigenvalue weighted by atomic mass is 9.89. The van der Waals surface area contributed by atoms with Gasteiger partial charge in [0.25, 0.3) is 0 Å². The van der Waals surface area contributed by atoms with Gasteiger partial charge in [-0.15, -0.1) is 0 Å². The molecule has 0 aromatic heterocycles. The molecule has 2 N–H and O–H groups in total. The molecule has 0 amide bonds. The molecule has 0 aliphatic rings. The molecular weight excluding hydrogens is 224 g/mol. The Hall–Kier alpha value is -1.96. The number of hydrogen-bond acceptors (Lipinski definition) is 2. The molecule has 2 rings (SSSR count). The minimum Gasteiger partial charge on any atom is -0.507 e. The molecular formula is C16H18O2. The van der Waals surface area contributed by atoms with Crippen LogP contribution in [0.15, 0.2) is 36.4 Å². The standard InChI is InChI=1S/C16H18O2/c1-10-6-4-8-13(15(10)17)12(3)14-9-5-7-11(2)16(14)18/h4-9,12,17-18H,1-3H3. The van der Waals surface area contributed by atoms with Gasteiger partial charge in [-0.1, -0.05) is 43.3 Å². The molecule has 0 fully saturated rings. The minimum atomic E-state index is -0.0372. The zero-order valence-corrected chi connectivity index (χ0v) is 10.9. The topological polar surface area (TPSA) is 40.5 Å². The molecule has 2 aromatic carbocycles. The van der Waals surface area contributed by atoms with Crippen molar-refractivity contribution in [3.8, 4) is 11.5 Å². The maximum atomic E-state index is 10.1. The highest BCUT2D eigenvalue weighted by atomic mass is 16.3. The Morgan fingerprint density at radius 1 is 0.778 bits per heavy atom. The summed E-state index contributed by atoms with van der Waals surface area (Å²) in [6.45, 7) is 5.74. The van der Waals surface area contributed by atoms with Crippen LogP contribution in [-0.4, -0.2) is 10.2 Å². The average Bonchev–Trinajstić information content (AvgIpc) is 2.35. The van der Waals surface area contributed by atoms with Crippen LogP contribution < -0.4 is 0 Å². The van der Waals surface area contributed by atoms with Gasteiger partial charge in [0.2, 0.25) is 0 Å². The van der Waals surface area contributed by atoms with Crippen LogP contribution in [0.25, 0.3) is 0 Å². The van der Waals surface area contributed by atoms with Crippen molar-refractivity contribution in [2.75, 3.05) is 0 Å². The van der Waals surface area contributed by atoms with Crippen molar-refractivity contribution in [1.29, 1.82) is 0 Å². The Kier molecular flexibility index (Phi) is 3.28. The predicted octanol–water partition coefficient (Wildman–Crippen LogP) is 3.87. The van der Waals surface area contributed by atoms with Crippen molar-refractivity contribution < 1.29 is 10.2 Å². The summed E-state index contributed by atoms with van der Waals surface area (Å²) in [6, 6.07) is 11.4. The Bertz CT molecular complexity index is 522. The summed E-state index contributed by atoms with van der Waals surface area (Å²) in [5.74, 6) is 0.585. The third-order valence-corrected chi connectivity index (χ3v) is 3.47. The lowest BCUT2D eigenvalue weighted by molar-refractivity contribution is 0.452. The fourth-order valence-corrected chi connectivity index (χ4v) is 2.23. The van der Waals surface area contributed by atoms with Crippen molar-refractivity contribution in [3.63, 3.8) is 0 Å². The first-order chi connectivity index (χ1) is 8.52. The quantitative estimate of drug-likeness (QED) is 0.839. The average molecular weight is 242 g/mol. The minimum absolute atomic E-state index is 0.0372. The zero-order valence-electron chi connectivity index (χ0n) is 10.9. The largest absolute Gasteiger partial charge is 0.507 e. The second-order valence-corrected chi connectivity index (χ2v) is 4.75. The van der Waals surface area contributed by atoms with Crippen molar-refractivity contribution in [1.82, 2.24) is 0 Å². The molecule has 0 bridgehead atoms. The zero-order chi connectivity index (χ0) is 13.3. The van der Waals surface area contributed by atoms with Crippen molar-refractivity contribution in [2.24, 2.45) is 0 Å². The van der Waals surface area contributed by atoms with Gasteiger partial charge in [0.05, 0.1) is 0 Å². The molecule has 94 valence electrons. The maximum Gasteiger partial charge on any atom is 0.122 e. The summed E-state index contributed by atoms with van der Waals surface area (Å²) >= 11 is 0. The highest BCUT2D eigenvalue weighted by molar-refractivity contribution is 5.50. The highest BCUT2D eigenvalue weighted by Crippen LogP contribution is 2.37. The van der Waals surface area contributed by atoms with Crippen LogP contribution in [0.2, 0.25) is 0 Å². The molecule has 0 aliphatic carbocycles. The van der Waals surface area contributed by atoms with E-state index in [4.69, 9.17) is 0 Å². The van der Waals surface area contributed by atoms with E-state index < -0.39 is 0 Å². The van der Waals surface area contributed by atoms with E-state index in [0.717, 1.165) is 22.3 Å². The molecule has 0 saturated heterocycles. The van der Waals surface area contributed by atoms with Crippen LogP contribution in [0.4, 0.5) is 0 Å². The first-order valence-corrected chi connectivity index (χ1v) is 6.09. The normalized spacial score (nSPS) is 10.9. The number of para-hydroxylation sites is 2. The van der Waals surface area contributed by atoms with Gasteiger partial charge in [0, 0.05) is 17.0 Å². The summed E-state index contributed by atoms with van der Waals surface area (Å²) in [5, 5.41) is 20.2. The van der Waals surface area contributed by atoms with Gasteiger partial charge in [0.15, 0.2) is 0 Å². The summed E-state index contributed by atoms with van der Waals surface area (Å²) < 4.78 is 0. The number of aryl methyl sites for hydroxylation is 2. The number of phenols is 2. The summed E-state index contributed by atoms with van der Waals surface area (Å²) in [6.07, 6.45) is 0. The van der Waals surface area contributed by atoms with Crippen molar-refractivity contribution >= 4 is 0 Å². The smallest absolute Gasteiger partial charge is 0.122 e. The SMILES string of the molecule is Cc1cccc(C(C)c2cccc(C)c2O)c1O. The van der Waals surface area contributed by atoms with E-state index in [2.05, 4.69) is 0 Å². The monoisotopic (exact) mass is 242 g/mol. The fraction of sp³-hybridized carbons (Fsp3) is 0.250. The van der Waals surface area contributed by atoms with Gasteiger partial charge in [-0.2, -0.15) is 0 Å². The number of rotatable bonds is 2. The second-order valence-electron chi connectivity index (χ2n) is 4.75. The van der Waals surface area contributed by atoms with Crippen molar-refractivity contribution in [3.05, 3.63) is 58.7 Å². The molecule has 2 heteroatoms. The predicted molar refractivity (Wildman–Crippen MR) is 73.2 cm³/mol. The molecule has 0 aliphatic heterocycles. The van der Waals surface area contributed by atoms with E-state index in [9.17, 15) is 10.2 Å². The van der Waals surface area contributed by atoms with Gasteiger partial charge in [0.1, 0.15) is 11.5 Å². The van der Waals surface area contributed by atoms with E-state index >= 15 is 0 Å². The van der Waals surface area contributed by atoms with Gasteiger partial charge < -0.3 is 10.2 Å². The molecule has 0 unspecified atom stereocenters. The van der Waals surface area contributed by atoms with Crippen LogP contribution in [-0.2, 0) is 0 Å². The lowest BCUT2D eigenvalue weighted by Crippen LogP contribution is -1.98. The number of phenolic OH excluding ortho intramolecular Hbond substituents is 2. The Balaban J connectivity index is 2.51. The number of hydrogen-bond donors (Lipinski definition) is 2. The molecule has 2 aromatic rings. The van der Waals surface area contributed by atoms with Gasteiger partial charge in [-0.05, 0) is 25.0 Å². The lowest BCUT2D eigenvalue weighted by Gasteiger charge is -2.17. The van der Waals surface area contributed by atoms with E-state index in [1.807, 2.05) is 57.2 Å². The van der Waals surface area contributed by atoms with Gasteiger partial charge >= 0.3 is 0 Å². The number of benzene rings is 2. The van der Waals surface area contributed by atoms with Crippen LogP contribution in [0.5, 0.6) is 11.5 Å². The summed E-state index contributed by atoms with van der Waals surface area (Å²) in [4.78, 5) is 0. The maximum absolute atomic E-state index is 10.1. The van der Waals surface area contributed by atoms with E-state index in [1.54, 1.807) is 0 Å². The first-order valence-electron chi connectivity index (χ1n) is 6.09. The molecule has 18 heavy (non-hydrogen) atoms. The highest BCUT2D eigenvalue weighted by Gasteiger charge is 2.17. The molecule has 0 atom stereocenters. The first kappa shape index (κ1) is 12.5. The summed E-state index contributed by atoms with van der Waals surface area (Å²) in [7, 11) is 0. The van der Waals surface area contributed by atoms with Gasteiger partial charge in [-0.25, -0.2) is 0 Å². The molecule has 0 radical (unpaired) electrons. The molecule has 2 nitrogen and oxygen atoms in total.